The van der Waals surface area contributed by atoms with Gasteiger partial charge in [0.1, 0.15) is 11.5 Å². The minimum atomic E-state index is -0.0721. The van der Waals surface area contributed by atoms with Gasteiger partial charge in [-0.25, -0.2) is 0 Å². The van der Waals surface area contributed by atoms with Crippen molar-refractivity contribution in [1.82, 2.24) is 0 Å². The molecule has 6 aromatic rings. The smallest absolute Gasteiger partial charge is 0.507 e. The number of aromatic hydroxyl groups is 2. The molecule has 6 rings (SSSR count). The molecule has 284 valence electrons. The van der Waals surface area contributed by atoms with Gasteiger partial charge in [-0.05, 0) is 57.3 Å². The molecule has 0 fully saturated rings. The summed E-state index contributed by atoms with van der Waals surface area (Å²) in [5.74, 6) is 0.495. The molecule has 0 aliphatic heterocycles. The van der Waals surface area contributed by atoms with Crippen molar-refractivity contribution in [3.05, 3.63) is 193 Å². The molecule has 0 saturated carbocycles. The van der Waals surface area contributed by atoms with Gasteiger partial charge in [0.25, 0.3) is 0 Å². The fourth-order valence-electron chi connectivity index (χ4n) is 5.59. The van der Waals surface area contributed by atoms with E-state index in [2.05, 4.69) is 67.5 Å². The molecule has 0 aliphatic rings. The Labute approximate surface area is 345 Å². The first kappa shape index (κ1) is 44.7. The Bertz CT molecular complexity index is 1850. The molecule has 0 saturated heterocycles. The van der Waals surface area contributed by atoms with Gasteiger partial charge in [-0.15, -0.1) is 24.3 Å². The zero-order valence-electron chi connectivity index (χ0n) is 33.3. The van der Waals surface area contributed by atoms with Gasteiger partial charge in [0.2, 0.25) is 0 Å². The average molecular weight is 769 g/mol. The van der Waals surface area contributed by atoms with E-state index in [0.717, 1.165) is 55.6 Å². The Hall–Kier alpha value is -4.71. The van der Waals surface area contributed by atoms with Crippen molar-refractivity contribution in [3.63, 3.8) is 0 Å². The molecule has 2 N–H and O–H groups in total. The van der Waals surface area contributed by atoms with E-state index in [9.17, 15) is 10.2 Å². The SMILES string of the molecule is CC(C)(C)c1cc(COCCOCc2cc(C(C)(C)C)cc(-c3ccccc3)c2O)c(O)c(-c2ccccc2)c1.[CH2-]c1ccccc1.[CH2-]c1ccccc1.[Ti+2]. The van der Waals surface area contributed by atoms with Crippen LogP contribution in [0.5, 0.6) is 11.5 Å². The van der Waals surface area contributed by atoms with Crippen molar-refractivity contribution < 1.29 is 41.4 Å². The Morgan fingerprint density at radius 3 is 1.00 bits per heavy atom. The van der Waals surface area contributed by atoms with Crippen molar-refractivity contribution in [1.29, 1.82) is 0 Å². The Kier molecular flexibility index (Phi) is 17.4. The number of phenols is 2. The normalized spacial score (nSPS) is 10.9. The van der Waals surface area contributed by atoms with Crippen LogP contribution in [0.25, 0.3) is 22.3 Å². The van der Waals surface area contributed by atoms with Crippen LogP contribution in [0.15, 0.2) is 146 Å². The summed E-state index contributed by atoms with van der Waals surface area (Å²) in [7, 11) is 0. The van der Waals surface area contributed by atoms with Crippen LogP contribution in [0.1, 0.15) is 74.9 Å². The van der Waals surface area contributed by atoms with E-state index in [0.29, 0.717) is 13.2 Å². The maximum absolute atomic E-state index is 11.1. The van der Waals surface area contributed by atoms with Crippen molar-refractivity contribution in [2.24, 2.45) is 0 Å². The summed E-state index contributed by atoms with van der Waals surface area (Å²) < 4.78 is 11.9. The van der Waals surface area contributed by atoms with E-state index < -0.39 is 0 Å². The van der Waals surface area contributed by atoms with Gasteiger partial charge in [0, 0.05) is 22.3 Å². The quantitative estimate of drug-likeness (QED) is 0.0874. The van der Waals surface area contributed by atoms with E-state index >= 15 is 0 Å². The largest absolute Gasteiger partial charge is 2.00 e. The second-order valence-corrected chi connectivity index (χ2v) is 15.4. The molecule has 4 nitrogen and oxygen atoms in total. The first-order valence-electron chi connectivity index (χ1n) is 18.5. The van der Waals surface area contributed by atoms with Gasteiger partial charge in [-0.2, -0.15) is 49.2 Å². The van der Waals surface area contributed by atoms with E-state index in [4.69, 9.17) is 9.47 Å². The zero-order chi connectivity index (χ0) is 39.1. The minimum Gasteiger partial charge on any atom is -0.507 e. The molecule has 0 amide bonds. The summed E-state index contributed by atoms with van der Waals surface area (Å²) in [6, 6.07) is 47.8. The van der Waals surface area contributed by atoms with Gasteiger partial charge in [-0.1, -0.05) is 114 Å². The Balaban J connectivity index is 0.000000450. The summed E-state index contributed by atoms with van der Waals surface area (Å²) in [4.78, 5) is 0. The van der Waals surface area contributed by atoms with E-state index in [1.807, 2.05) is 133 Å². The van der Waals surface area contributed by atoms with Gasteiger partial charge in [0.15, 0.2) is 0 Å². The van der Waals surface area contributed by atoms with Gasteiger partial charge < -0.3 is 19.7 Å². The van der Waals surface area contributed by atoms with Crippen molar-refractivity contribution in [3.8, 4) is 33.8 Å². The molecule has 55 heavy (non-hydrogen) atoms. The molecule has 0 aromatic heterocycles. The van der Waals surface area contributed by atoms with Gasteiger partial charge >= 0.3 is 21.7 Å². The third kappa shape index (κ3) is 14.1. The first-order chi connectivity index (χ1) is 25.7. The molecule has 0 bridgehead atoms. The maximum atomic E-state index is 11.1. The fraction of sp³-hybridized carbons (Fsp3) is 0.240. The van der Waals surface area contributed by atoms with Crippen LogP contribution in [0.4, 0.5) is 0 Å². The summed E-state index contributed by atoms with van der Waals surface area (Å²) in [5, 5.41) is 22.2. The number of phenolic OH excluding ortho intramolecular Hbond substituents is 2. The predicted octanol–water partition coefficient (Wildman–Crippen LogP) is 12.5. The monoisotopic (exact) mass is 768 g/mol. The Morgan fingerprint density at radius 2 is 0.745 bits per heavy atom. The average Bonchev–Trinajstić information content (AvgIpc) is 3.15. The van der Waals surface area contributed by atoms with Crippen LogP contribution in [0, 0.1) is 13.8 Å². The van der Waals surface area contributed by atoms with Crippen LogP contribution in [0.3, 0.4) is 0 Å². The zero-order valence-corrected chi connectivity index (χ0v) is 34.9. The van der Waals surface area contributed by atoms with E-state index in [-0.39, 0.29) is 57.3 Å². The molecule has 0 aliphatic carbocycles. The predicted molar refractivity (Wildman–Crippen MR) is 226 cm³/mol. The van der Waals surface area contributed by atoms with Crippen LogP contribution in [0.2, 0.25) is 0 Å². The summed E-state index contributed by atoms with van der Waals surface area (Å²) in [6.45, 7) is 21.7. The number of benzene rings is 6. The fourth-order valence-corrected chi connectivity index (χ4v) is 5.59. The third-order valence-corrected chi connectivity index (χ3v) is 8.85. The number of ether oxygens (including phenoxy) is 2. The number of rotatable bonds is 9. The molecular weight excluding hydrogens is 712 g/mol. The van der Waals surface area contributed by atoms with E-state index in [1.165, 1.54) is 0 Å². The molecule has 0 unspecified atom stereocenters. The maximum Gasteiger partial charge on any atom is 2.00 e. The van der Waals surface area contributed by atoms with Crippen molar-refractivity contribution in [2.45, 2.75) is 65.6 Å². The molecule has 0 radical (unpaired) electrons. The van der Waals surface area contributed by atoms with Crippen molar-refractivity contribution in [2.75, 3.05) is 13.2 Å². The third-order valence-electron chi connectivity index (χ3n) is 8.85. The van der Waals surface area contributed by atoms with Crippen LogP contribution >= 0.6 is 0 Å². The Morgan fingerprint density at radius 1 is 0.455 bits per heavy atom. The van der Waals surface area contributed by atoms with Crippen molar-refractivity contribution >= 4 is 0 Å². The molecule has 0 atom stereocenters. The number of hydrogen-bond acceptors (Lipinski definition) is 4. The minimum absolute atomic E-state index is 0. The number of hydrogen-bond donors (Lipinski definition) is 2. The molecule has 0 spiro atoms. The van der Waals surface area contributed by atoms with Gasteiger partial charge in [0.05, 0.1) is 26.4 Å². The summed E-state index contributed by atoms with van der Waals surface area (Å²) >= 11 is 0. The second kappa shape index (κ2) is 21.4. The van der Waals surface area contributed by atoms with Crippen LogP contribution in [-0.4, -0.2) is 23.4 Å². The first-order valence-corrected chi connectivity index (χ1v) is 18.5. The standard InChI is InChI=1S/C36H42O4.2C7H7.Ti/c1-35(2,3)29-19-27(33(37)31(21-29)25-13-9-7-10-14-25)23-39-17-18-40-24-28-20-30(36(4,5)6)22-32(34(28)38)26-15-11-8-12-16-26;2*1-7-5-3-2-4-6-7;/h7-16,19-22,37-38H,17-18,23-24H2,1-6H3;2*2-6H,1H2;/q;2*-1;+2. The molecular formula is C50H56O4Ti. The molecule has 6 aromatic carbocycles. The topological polar surface area (TPSA) is 58.9 Å². The van der Waals surface area contributed by atoms with Crippen LogP contribution in [-0.2, 0) is 55.2 Å². The summed E-state index contributed by atoms with van der Waals surface area (Å²) in [5.41, 5.74) is 9.37. The molecule has 5 heteroatoms. The second-order valence-electron chi connectivity index (χ2n) is 15.4. The molecule has 0 heterocycles. The van der Waals surface area contributed by atoms with Crippen LogP contribution < -0.4 is 0 Å². The van der Waals surface area contributed by atoms with E-state index in [1.54, 1.807) is 0 Å². The van der Waals surface area contributed by atoms with Gasteiger partial charge in [-0.3, -0.25) is 0 Å². The summed E-state index contributed by atoms with van der Waals surface area (Å²) in [6.07, 6.45) is 0.